The highest BCUT2D eigenvalue weighted by Gasteiger charge is 2.25. The number of amides is 1. The van der Waals surface area contributed by atoms with Crippen molar-refractivity contribution in [3.05, 3.63) is 23.8 Å². The molecule has 1 rings (SSSR count). The molecule has 1 amide bonds. The summed E-state index contributed by atoms with van der Waals surface area (Å²) >= 11 is 0. The zero-order chi connectivity index (χ0) is 26.4. The van der Waals surface area contributed by atoms with Gasteiger partial charge in [-0.2, -0.15) is 0 Å². The quantitative estimate of drug-likeness (QED) is 0.262. The predicted octanol–water partition coefficient (Wildman–Crippen LogP) is 4.34. The van der Waals surface area contributed by atoms with E-state index in [4.69, 9.17) is 19.9 Å². The van der Waals surface area contributed by atoms with Crippen LogP contribution in [-0.2, 0) is 16.0 Å². The second kappa shape index (κ2) is 16.0. The van der Waals surface area contributed by atoms with Gasteiger partial charge in [0.05, 0.1) is 19.8 Å². The summed E-state index contributed by atoms with van der Waals surface area (Å²) in [7, 11) is 3.31. The summed E-state index contributed by atoms with van der Waals surface area (Å²) in [6.45, 7) is 12.0. The van der Waals surface area contributed by atoms with Gasteiger partial charge in [0.1, 0.15) is 0 Å². The summed E-state index contributed by atoms with van der Waals surface area (Å²) in [4.78, 5) is 12.3. The SMILES string of the molecule is CCCC(C)(C)CC(=O)NC[C@H](O)[C@@H](N)C[C@H](Cc1ccc(OC)c(OCCCOC)c1)C(C)C. The molecule has 1 aromatic rings. The van der Waals surface area contributed by atoms with Crippen molar-refractivity contribution in [1.29, 1.82) is 0 Å². The Morgan fingerprint density at radius 1 is 1.17 bits per heavy atom. The van der Waals surface area contributed by atoms with Crippen LogP contribution in [0.5, 0.6) is 11.5 Å². The third-order valence-electron chi connectivity index (χ3n) is 6.56. The number of rotatable bonds is 18. The molecule has 0 saturated heterocycles. The molecule has 3 atom stereocenters. The fourth-order valence-electron chi connectivity index (χ4n) is 4.38. The van der Waals surface area contributed by atoms with Gasteiger partial charge in [-0.05, 0) is 54.2 Å². The lowest BCUT2D eigenvalue weighted by molar-refractivity contribution is -0.123. The highest BCUT2D eigenvalue weighted by Crippen LogP contribution is 2.31. The van der Waals surface area contributed by atoms with Crippen LogP contribution < -0.4 is 20.5 Å². The fraction of sp³-hybridized carbons (Fsp3) is 0.750. The van der Waals surface area contributed by atoms with E-state index in [-0.39, 0.29) is 23.8 Å². The minimum atomic E-state index is -0.787. The molecule has 0 radical (unpaired) electrons. The summed E-state index contributed by atoms with van der Waals surface area (Å²) < 4.78 is 16.5. The molecule has 202 valence electrons. The predicted molar refractivity (Wildman–Crippen MR) is 142 cm³/mol. The summed E-state index contributed by atoms with van der Waals surface area (Å²) in [5, 5.41) is 13.5. The molecule has 0 saturated carbocycles. The summed E-state index contributed by atoms with van der Waals surface area (Å²) in [6, 6.07) is 5.59. The molecule has 7 nitrogen and oxygen atoms in total. The maximum Gasteiger partial charge on any atom is 0.220 e. The second-order valence-electron chi connectivity index (χ2n) is 10.8. The standard InChI is InChI=1S/C28H50N2O5/c1-8-12-28(4,5)18-27(32)30-19-24(31)23(29)17-22(20(2)3)15-21-10-11-25(34-7)26(16-21)35-14-9-13-33-6/h10-11,16,20,22-24,31H,8-9,12-15,17-19,29H2,1-7H3,(H,30,32)/t22-,23-,24-/m0/s1. The lowest BCUT2D eigenvalue weighted by Crippen LogP contribution is -2.45. The van der Waals surface area contributed by atoms with Crippen molar-refractivity contribution < 1.29 is 24.1 Å². The Hall–Kier alpha value is -1.83. The zero-order valence-corrected chi connectivity index (χ0v) is 23.1. The molecule has 0 fully saturated rings. The van der Waals surface area contributed by atoms with Crippen LogP contribution in [0.2, 0.25) is 0 Å². The summed E-state index contributed by atoms with van der Waals surface area (Å²) in [5.74, 6) is 2.05. The number of hydrogen-bond donors (Lipinski definition) is 3. The van der Waals surface area contributed by atoms with Gasteiger partial charge in [-0.1, -0.05) is 47.1 Å². The van der Waals surface area contributed by atoms with E-state index in [1.165, 1.54) is 0 Å². The van der Waals surface area contributed by atoms with E-state index in [9.17, 15) is 9.90 Å². The maximum absolute atomic E-state index is 12.3. The molecular weight excluding hydrogens is 444 g/mol. The second-order valence-corrected chi connectivity index (χ2v) is 10.8. The summed E-state index contributed by atoms with van der Waals surface area (Å²) in [6.07, 6.45) is 3.97. The number of aliphatic hydroxyl groups is 1. The maximum atomic E-state index is 12.3. The van der Waals surface area contributed by atoms with Crippen molar-refractivity contribution in [3.8, 4) is 11.5 Å². The monoisotopic (exact) mass is 494 g/mol. The zero-order valence-electron chi connectivity index (χ0n) is 23.1. The molecule has 4 N–H and O–H groups in total. The van der Waals surface area contributed by atoms with Crippen molar-refractivity contribution in [2.45, 2.75) is 85.3 Å². The van der Waals surface area contributed by atoms with Crippen LogP contribution in [0, 0.1) is 17.3 Å². The smallest absolute Gasteiger partial charge is 0.220 e. The number of carbonyl (C=O) groups is 1. The van der Waals surface area contributed by atoms with Crippen LogP contribution in [0.1, 0.15) is 72.3 Å². The molecule has 0 heterocycles. The Kier molecular flexibility index (Phi) is 14.3. The number of nitrogens with two attached hydrogens (primary N) is 1. The van der Waals surface area contributed by atoms with Gasteiger partial charge in [0.15, 0.2) is 11.5 Å². The minimum Gasteiger partial charge on any atom is -0.493 e. The van der Waals surface area contributed by atoms with Crippen molar-refractivity contribution in [1.82, 2.24) is 5.32 Å². The number of aliphatic hydroxyl groups excluding tert-OH is 1. The average molecular weight is 495 g/mol. The molecule has 0 unspecified atom stereocenters. The highest BCUT2D eigenvalue weighted by atomic mass is 16.5. The van der Waals surface area contributed by atoms with Gasteiger partial charge in [-0.25, -0.2) is 0 Å². The van der Waals surface area contributed by atoms with Gasteiger partial charge in [-0.15, -0.1) is 0 Å². The Balaban J connectivity index is 2.70. The molecule has 0 spiro atoms. The van der Waals surface area contributed by atoms with Crippen LogP contribution >= 0.6 is 0 Å². The van der Waals surface area contributed by atoms with Gasteiger partial charge in [0, 0.05) is 39.1 Å². The Labute approximate surface area is 213 Å². The number of benzene rings is 1. The topological polar surface area (TPSA) is 103 Å². The van der Waals surface area contributed by atoms with Crippen LogP contribution in [0.4, 0.5) is 0 Å². The van der Waals surface area contributed by atoms with Gasteiger partial charge in [0.2, 0.25) is 5.91 Å². The lowest BCUT2D eigenvalue weighted by Gasteiger charge is -2.28. The first-order chi connectivity index (χ1) is 16.5. The average Bonchev–Trinajstić information content (AvgIpc) is 2.79. The van der Waals surface area contributed by atoms with E-state index in [2.05, 4.69) is 46.0 Å². The third kappa shape index (κ3) is 12.1. The number of ether oxygens (including phenoxy) is 3. The van der Waals surface area contributed by atoms with Crippen molar-refractivity contribution in [2.75, 3.05) is 34.0 Å². The first-order valence-electron chi connectivity index (χ1n) is 13.0. The van der Waals surface area contributed by atoms with Gasteiger partial charge in [-0.3, -0.25) is 4.79 Å². The van der Waals surface area contributed by atoms with Crippen LogP contribution in [-0.4, -0.2) is 57.1 Å². The Bertz CT molecular complexity index is 738. The lowest BCUT2D eigenvalue weighted by atomic mass is 9.83. The van der Waals surface area contributed by atoms with Crippen molar-refractivity contribution in [2.24, 2.45) is 23.0 Å². The molecule has 0 aliphatic heterocycles. The highest BCUT2D eigenvalue weighted by molar-refractivity contribution is 5.76. The van der Waals surface area contributed by atoms with E-state index < -0.39 is 12.1 Å². The molecule has 0 aliphatic rings. The van der Waals surface area contributed by atoms with Crippen LogP contribution in [0.3, 0.4) is 0 Å². The summed E-state index contributed by atoms with van der Waals surface area (Å²) in [5.41, 5.74) is 7.48. The molecule has 1 aromatic carbocycles. The third-order valence-corrected chi connectivity index (χ3v) is 6.56. The Morgan fingerprint density at radius 2 is 1.89 bits per heavy atom. The van der Waals surface area contributed by atoms with E-state index in [0.29, 0.717) is 37.7 Å². The Morgan fingerprint density at radius 3 is 2.49 bits per heavy atom. The number of nitrogens with one attached hydrogen (secondary N) is 1. The first kappa shape index (κ1) is 31.2. The van der Waals surface area contributed by atoms with Crippen molar-refractivity contribution in [3.63, 3.8) is 0 Å². The molecule has 35 heavy (non-hydrogen) atoms. The number of hydrogen-bond acceptors (Lipinski definition) is 6. The largest absolute Gasteiger partial charge is 0.493 e. The molecule has 0 bridgehead atoms. The molecular formula is C28H50N2O5. The minimum absolute atomic E-state index is 0.0358. The number of methoxy groups -OCH3 is 2. The van der Waals surface area contributed by atoms with Gasteiger partial charge in [0.25, 0.3) is 0 Å². The van der Waals surface area contributed by atoms with E-state index in [1.54, 1.807) is 14.2 Å². The molecule has 0 aromatic heterocycles. The normalized spacial score (nSPS) is 14.5. The number of carbonyl (C=O) groups excluding carboxylic acids is 1. The van der Waals surface area contributed by atoms with E-state index >= 15 is 0 Å². The van der Waals surface area contributed by atoms with Crippen LogP contribution in [0.25, 0.3) is 0 Å². The van der Waals surface area contributed by atoms with E-state index in [1.807, 2.05) is 12.1 Å². The molecule has 7 heteroatoms. The van der Waals surface area contributed by atoms with E-state index in [0.717, 1.165) is 37.0 Å². The first-order valence-corrected chi connectivity index (χ1v) is 13.0. The van der Waals surface area contributed by atoms with Crippen LogP contribution in [0.15, 0.2) is 18.2 Å². The molecule has 0 aliphatic carbocycles. The fourth-order valence-corrected chi connectivity index (χ4v) is 4.38. The van der Waals surface area contributed by atoms with Crippen molar-refractivity contribution >= 4 is 5.91 Å². The van der Waals surface area contributed by atoms with Gasteiger partial charge >= 0.3 is 0 Å². The van der Waals surface area contributed by atoms with Gasteiger partial charge < -0.3 is 30.4 Å².